The summed E-state index contributed by atoms with van der Waals surface area (Å²) in [5.41, 5.74) is 3.09. The fourth-order valence-corrected chi connectivity index (χ4v) is 4.76. The minimum atomic E-state index is -0.628. The maximum atomic E-state index is 13.6. The monoisotopic (exact) mass is 521 g/mol. The minimum absolute atomic E-state index is 0.0630. The van der Waals surface area contributed by atoms with E-state index >= 15 is 0 Å². The summed E-state index contributed by atoms with van der Waals surface area (Å²) in [5.74, 6) is 1.18. The Hall–Kier alpha value is -3.48. The van der Waals surface area contributed by atoms with E-state index in [9.17, 15) is 9.59 Å². The number of hydrogen-bond acceptors (Lipinski definition) is 4. The van der Waals surface area contributed by atoms with Crippen molar-refractivity contribution < 1.29 is 19.1 Å². The normalized spacial score (nSPS) is 11.8. The molecule has 3 aromatic rings. The SMILES string of the molecule is CCCCCCCCC(=O)NC(Cc1c[nH]c2ccccc12)C(=O)N(C)CCc1ccc(OC)c(OC)c1. The molecule has 38 heavy (non-hydrogen) atoms. The summed E-state index contributed by atoms with van der Waals surface area (Å²) in [5, 5.41) is 4.13. The molecule has 7 heteroatoms. The third-order valence-electron chi connectivity index (χ3n) is 7.05. The number of likely N-dealkylation sites (N-methyl/N-ethyl adjacent to an activating group) is 1. The van der Waals surface area contributed by atoms with Crippen LogP contribution in [0.25, 0.3) is 10.9 Å². The number of rotatable bonds is 16. The molecule has 1 aromatic heterocycles. The minimum Gasteiger partial charge on any atom is -0.493 e. The number of nitrogens with zero attached hydrogens (tertiary/aromatic N) is 1. The highest BCUT2D eigenvalue weighted by Gasteiger charge is 2.25. The first-order chi connectivity index (χ1) is 18.5. The maximum absolute atomic E-state index is 13.6. The van der Waals surface area contributed by atoms with Gasteiger partial charge in [0.2, 0.25) is 11.8 Å². The lowest BCUT2D eigenvalue weighted by Gasteiger charge is -2.25. The molecule has 3 rings (SSSR count). The molecule has 0 fully saturated rings. The van der Waals surface area contributed by atoms with Crippen LogP contribution in [0.1, 0.15) is 63.0 Å². The molecule has 2 aromatic carbocycles. The molecule has 0 saturated carbocycles. The van der Waals surface area contributed by atoms with Gasteiger partial charge in [-0.25, -0.2) is 0 Å². The molecule has 0 bridgehead atoms. The zero-order valence-corrected chi connectivity index (χ0v) is 23.3. The van der Waals surface area contributed by atoms with Crippen molar-refractivity contribution in [2.45, 2.75) is 70.8 Å². The number of H-pyrrole nitrogens is 1. The van der Waals surface area contributed by atoms with E-state index in [2.05, 4.69) is 17.2 Å². The van der Waals surface area contributed by atoms with Gasteiger partial charge < -0.3 is 24.7 Å². The summed E-state index contributed by atoms with van der Waals surface area (Å²) in [6.07, 6.45) is 10.2. The van der Waals surface area contributed by atoms with Gasteiger partial charge in [0.05, 0.1) is 14.2 Å². The van der Waals surface area contributed by atoms with Gasteiger partial charge in [0.1, 0.15) is 6.04 Å². The standard InChI is InChI=1S/C31H43N3O4/c1-5-6-7-8-9-10-15-30(35)33-27(21-24-22-32-26-14-12-11-13-25(24)26)31(36)34(2)19-18-23-16-17-28(37-3)29(20-23)38-4/h11-14,16-17,20,22,27,32H,5-10,15,18-19,21H2,1-4H3,(H,33,35). The zero-order chi connectivity index (χ0) is 27.3. The second kappa shape index (κ2) is 15.1. The lowest BCUT2D eigenvalue weighted by molar-refractivity contribution is -0.135. The second-order valence-electron chi connectivity index (χ2n) is 9.90. The third-order valence-corrected chi connectivity index (χ3v) is 7.05. The van der Waals surface area contributed by atoms with E-state index in [0.29, 0.717) is 37.3 Å². The van der Waals surface area contributed by atoms with E-state index in [1.54, 1.807) is 26.2 Å². The molecule has 7 nitrogen and oxygen atoms in total. The Kier molecular flexibility index (Phi) is 11.5. The molecule has 2 N–H and O–H groups in total. The van der Waals surface area contributed by atoms with Crippen LogP contribution in [0.3, 0.4) is 0 Å². The van der Waals surface area contributed by atoms with Crippen LogP contribution in [-0.4, -0.2) is 55.6 Å². The maximum Gasteiger partial charge on any atom is 0.245 e. The van der Waals surface area contributed by atoms with Crippen molar-refractivity contribution in [3.63, 3.8) is 0 Å². The molecule has 1 unspecified atom stereocenters. The Morgan fingerprint density at radius 2 is 1.71 bits per heavy atom. The average molecular weight is 522 g/mol. The number of methoxy groups -OCH3 is 2. The number of carbonyl (C=O) groups excluding carboxylic acids is 2. The number of fused-ring (bicyclic) bond motifs is 1. The van der Waals surface area contributed by atoms with E-state index in [1.807, 2.05) is 48.7 Å². The number of hydrogen-bond donors (Lipinski definition) is 2. The molecule has 1 atom stereocenters. The van der Waals surface area contributed by atoms with Crippen LogP contribution in [0.4, 0.5) is 0 Å². The summed E-state index contributed by atoms with van der Waals surface area (Å²) < 4.78 is 10.7. The number of carbonyl (C=O) groups is 2. The van der Waals surface area contributed by atoms with E-state index in [1.165, 1.54) is 19.3 Å². The lowest BCUT2D eigenvalue weighted by Crippen LogP contribution is -2.49. The van der Waals surface area contributed by atoms with Crippen molar-refractivity contribution in [1.29, 1.82) is 0 Å². The van der Waals surface area contributed by atoms with Crippen LogP contribution in [-0.2, 0) is 22.4 Å². The van der Waals surface area contributed by atoms with Gasteiger partial charge >= 0.3 is 0 Å². The number of aromatic nitrogens is 1. The van der Waals surface area contributed by atoms with E-state index in [-0.39, 0.29) is 11.8 Å². The number of ether oxygens (including phenoxy) is 2. The fourth-order valence-electron chi connectivity index (χ4n) is 4.76. The molecule has 0 spiro atoms. The Bertz CT molecular complexity index is 1170. The van der Waals surface area contributed by atoms with Gasteiger partial charge in [-0.05, 0) is 42.2 Å². The highest BCUT2D eigenvalue weighted by Crippen LogP contribution is 2.28. The third kappa shape index (κ3) is 8.27. The van der Waals surface area contributed by atoms with Crippen molar-refractivity contribution in [1.82, 2.24) is 15.2 Å². The molecule has 0 aliphatic heterocycles. The van der Waals surface area contributed by atoms with Crippen molar-refractivity contribution >= 4 is 22.7 Å². The largest absolute Gasteiger partial charge is 0.493 e. The van der Waals surface area contributed by atoms with Crippen molar-refractivity contribution in [2.24, 2.45) is 0 Å². The van der Waals surface area contributed by atoms with Crippen LogP contribution >= 0.6 is 0 Å². The van der Waals surface area contributed by atoms with E-state index in [4.69, 9.17) is 9.47 Å². The van der Waals surface area contributed by atoms with Crippen molar-refractivity contribution in [2.75, 3.05) is 27.8 Å². The van der Waals surface area contributed by atoms with Gasteiger partial charge in [-0.15, -0.1) is 0 Å². The van der Waals surface area contributed by atoms with Crippen LogP contribution in [0.5, 0.6) is 11.5 Å². The Labute approximate surface area is 226 Å². The predicted molar refractivity (Wildman–Crippen MR) is 153 cm³/mol. The number of amides is 2. The van der Waals surface area contributed by atoms with Gasteiger partial charge in [0.25, 0.3) is 0 Å². The average Bonchev–Trinajstić information content (AvgIpc) is 3.35. The quantitative estimate of drug-likeness (QED) is 0.238. The number of aromatic amines is 1. The first kappa shape index (κ1) is 29.1. The smallest absolute Gasteiger partial charge is 0.245 e. The Morgan fingerprint density at radius 1 is 0.974 bits per heavy atom. The fraction of sp³-hybridized carbons (Fsp3) is 0.484. The molecule has 2 amide bonds. The molecule has 1 heterocycles. The topological polar surface area (TPSA) is 83.7 Å². The number of nitrogens with one attached hydrogen (secondary N) is 2. The molecule has 0 aliphatic rings. The first-order valence-corrected chi connectivity index (χ1v) is 13.8. The van der Waals surface area contributed by atoms with Crippen LogP contribution in [0.2, 0.25) is 0 Å². The number of benzene rings is 2. The summed E-state index contributed by atoms with van der Waals surface area (Å²) in [4.78, 5) is 31.4. The highest BCUT2D eigenvalue weighted by molar-refractivity contribution is 5.89. The lowest BCUT2D eigenvalue weighted by atomic mass is 10.0. The summed E-state index contributed by atoms with van der Waals surface area (Å²) >= 11 is 0. The van der Waals surface area contributed by atoms with E-state index < -0.39 is 6.04 Å². The summed E-state index contributed by atoms with van der Waals surface area (Å²) in [6, 6.07) is 13.2. The number of unbranched alkanes of at least 4 members (excludes halogenated alkanes) is 5. The van der Waals surface area contributed by atoms with E-state index in [0.717, 1.165) is 41.3 Å². The van der Waals surface area contributed by atoms with Crippen LogP contribution in [0, 0.1) is 0 Å². The first-order valence-electron chi connectivity index (χ1n) is 13.8. The second-order valence-corrected chi connectivity index (χ2v) is 9.90. The molecular weight excluding hydrogens is 478 g/mol. The van der Waals surface area contributed by atoms with Gasteiger partial charge in [-0.1, -0.05) is 63.3 Å². The molecule has 0 radical (unpaired) electrons. The van der Waals surface area contributed by atoms with Gasteiger partial charge in [0.15, 0.2) is 11.5 Å². The highest BCUT2D eigenvalue weighted by atomic mass is 16.5. The van der Waals surface area contributed by atoms with Gasteiger partial charge in [-0.2, -0.15) is 0 Å². The van der Waals surface area contributed by atoms with Gasteiger partial charge in [-0.3, -0.25) is 9.59 Å². The van der Waals surface area contributed by atoms with Crippen molar-refractivity contribution in [3.05, 3.63) is 59.8 Å². The molecule has 0 aliphatic carbocycles. The van der Waals surface area contributed by atoms with Crippen LogP contribution < -0.4 is 14.8 Å². The van der Waals surface area contributed by atoms with Crippen molar-refractivity contribution in [3.8, 4) is 11.5 Å². The molecule has 206 valence electrons. The summed E-state index contributed by atoms with van der Waals surface area (Å²) in [7, 11) is 5.02. The molecule has 0 saturated heterocycles. The summed E-state index contributed by atoms with van der Waals surface area (Å²) in [6.45, 7) is 2.72. The van der Waals surface area contributed by atoms with Crippen LogP contribution in [0.15, 0.2) is 48.7 Å². The predicted octanol–water partition coefficient (Wildman–Crippen LogP) is 5.66. The number of para-hydroxylation sites is 1. The Morgan fingerprint density at radius 3 is 2.47 bits per heavy atom. The Balaban J connectivity index is 1.65. The zero-order valence-electron chi connectivity index (χ0n) is 23.3. The van der Waals surface area contributed by atoms with Gasteiger partial charge in [0, 0.05) is 43.5 Å². The molecular formula is C31H43N3O4.